The van der Waals surface area contributed by atoms with Gasteiger partial charge in [0.15, 0.2) is 0 Å². The van der Waals surface area contributed by atoms with Gasteiger partial charge in [0.1, 0.15) is 11.9 Å². The highest BCUT2D eigenvalue weighted by Gasteiger charge is 2.25. The molecule has 1 aromatic carbocycles. The molecular weight excluding hydrogens is 534 g/mol. The average molecular weight is 566 g/mol. The number of carbonyl (C=O) groups is 3. The van der Waals surface area contributed by atoms with Crippen molar-refractivity contribution in [1.29, 1.82) is 0 Å². The molecular formula is C28H32ClN7O4. The lowest BCUT2D eigenvalue weighted by Gasteiger charge is -2.32. The molecule has 2 aromatic heterocycles. The molecule has 0 aliphatic carbocycles. The second kappa shape index (κ2) is 13.8. The summed E-state index contributed by atoms with van der Waals surface area (Å²) in [5.74, 6) is -1.20. The predicted octanol–water partition coefficient (Wildman–Crippen LogP) is 1.38. The van der Waals surface area contributed by atoms with E-state index in [-0.39, 0.29) is 23.4 Å². The number of nitrogens with one attached hydrogen (secondary N) is 3. The molecule has 4 rings (SSSR count). The van der Waals surface area contributed by atoms with Gasteiger partial charge in [-0.2, -0.15) is 0 Å². The first kappa shape index (κ1) is 28.9. The summed E-state index contributed by atoms with van der Waals surface area (Å²) in [7, 11) is 2.08. The van der Waals surface area contributed by atoms with Gasteiger partial charge >= 0.3 is 0 Å². The largest absolute Gasteiger partial charge is 0.353 e. The standard InChI is InChI=1S/C28H32ClN7O4/c1-34-14-16-35(17-15-34)13-11-30-28(40)23(18-25(37)33-24-10-7-21(29)19-31-24)32-27(39)20-5-8-22(9-6-20)36-12-3-2-4-26(36)38/h2-10,12,19,23H,11,13-18H2,1H3,(H,30,40)(H,32,39)(H,31,33,37). The van der Waals surface area contributed by atoms with Gasteiger partial charge < -0.3 is 20.9 Å². The third kappa shape index (κ3) is 8.22. The summed E-state index contributed by atoms with van der Waals surface area (Å²) in [6, 6.07) is 13.2. The number of rotatable bonds is 10. The summed E-state index contributed by atoms with van der Waals surface area (Å²) in [4.78, 5) is 59.6. The number of pyridine rings is 2. The van der Waals surface area contributed by atoms with E-state index in [4.69, 9.17) is 11.6 Å². The summed E-state index contributed by atoms with van der Waals surface area (Å²) in [6.07, 6.45) is 2.73. The van der Waals surface area contributed by atoms with Gasteiger partial charge in [-0.3, -0.25) is 28.6 Å². The first-order valence-corrected chi connectivity index (χ1v) is 13.4. The minimum absolute atomic E-state index is 0.200. The summed E-state index contributed by atoms with van der Waals surface area (Å²) in [5, 5.41) is 8.58. The van der Waals surface area contributed by atoms with E-state index in [1.165, 1.54) is 16.8 Å². The van der Waals surface area contributed by atoms with Crippen molar-refractivity contribution in [3.05, 3.63) is 87.9 Å². The SMILES string of the molecule is CN1CCN(CCNC(=O)C(CC(=O)Nc2ccc(Cl)cn2)NC(=O)c2ccc(-n3ccccc3=O)cc2)CC1. The molecule has 40 heavy (non-hydrogen) atoms. The van der Waals surface area contributed by atoms with Crippen molar-refractivity contribution in [1.82, 2.24) is 30.0 Å². The Labute approximate surface area is 237 Å². The number of hydrogen-bond donors (Lipinski definition) is 3. The van der Waals surface area contributed by atoms with Gasteiger partial charge in [0.2, 0.25) is 11.8 Å². The number of likely N-dealkylation sites (N-methyl/N-ethyl adjacent to an activating group) is 1. The molecule has 11 nitrogen and oxygen atoms in total. The molecule has 12 heteroatoms. The van der Waals surface area contributed by atoms with Crippen LogP contribution < -0.4 is 21.5 Å². The Hall–Kier alpha value is -4.06. The minimum atomic E-state index is -1.12. The molecule has 1 saturated heterocycles. The molecule has 0 saturated carbocycles. The van der Waals surface area contributed by atoms with Crippen LogP contribution in [0.2, 0.25) is 5.02 Å². The molecule has 3 N–H and O–H groups in total. The van der Waals surface area contributed by atoms with Crippen LogP contribution in [-0.4, -0.2) is 89.4 Å². The van der Waals surface area contributed by atoms with Gasteiger partial charge in [0, 0.05) is 69.0 Å². The molecule has 0 bridgehead atoms. The Morgan fingerprint density at radius 2 is 1.75 bits per heavy atom. The van der Waals surface area contributed by atoms with Crippen molar-refractivity contribution < 1.29 is 14.4 Å². The maximum atomic E-state index is 13.1. The highest BCUT2D eigenvalue weighted by molar-refractivity contribution is 6.30. The first-order chi connectivity index (χ1) is 19.3. The molecule has 3 heterocycles. The van der Waals surface area contributed by atoms with Crippen molar-refractivity contribution in [3.8, 4) is 5.69 Å². The summed E-state index contributed by atoms with van der Waals surface area (Å²) in [5.41, 5.74) is 0.673. The van der Waals surface area contributed by atoms with Crippen molar-refractivity contribution in [2.45, 2.75) is 12.5 Å². The van der Waals surface area contributed by atoms with Crippen molar-refractivity contribution in [3.63, 3.8) is 0 Å². The first-order valence-electron chi connectivity index (χ1n) is 13.0. The van der Waals surface area contributed by atoms with Crippen LogP contribution in [0.15, 0.2) is 71.8 Å². The second-order valence-corrected chi connectivity index (χ2v) is 9.97. The monoisotopic (exact) mass is 565 g/mol. The number of hydrogen-bond acceptors (Lipinski definition) is 7. The van der Waals surface area contributed by atoms with E-state index in [0.29, 0.717) is 23.8 Å². The number of aromatic nitrogens is 2. The predicted molar refractivity (Wildman–Crippen MR) is 153 cm³/mol. The van der Waals surface area contributed by atoms with E-state index in [9.17, 15) is 19.2 Å². The lowest BCUT2D eigenvalue weighted by atomic mass is 10.1. The van der Waals surface area contributed by atoms with Crippen LogP contribution in [0.25, 0.3) is 5.69 Å². The molecule has 210 valence electrons. The maximum absolute atomic E-state index is 13.1. The van der Waals surface area contributed by atoms with Crippen LogP contribution in [0, 0.1) is 0 Å². The Balaban J connectivity index is 1.41. The van der Waals surface area contributed by atoms with E-state index in [2.05, 4.69) is 37.8 Å². The molecule has 0 spiro atoms. The van der Waals surface area contributed by atoms with Gasteiger partial charge in [0.25, 0.3) is 11.5 Å². The van der Waals surface area contributed by atoms with E-state index in [1.807, 2.05) is 0 Å². The molecule has 1 aliphatic heterocycles. The molecule has 1 unspecified atom stereocenters. The van der Waals surface area contributed by atoms with Crippen molar-refractivity contribution in [2.24, 2.45) is 0 Å². The third-order valence-electron chi connectivity index (χ3n) is 6.56. The summed E-state index contributed by atoms with van der Waals surface area (Å²) in [6.45, 7) is 4.80. The number of anilines is 1. The van der Waals surface area contributed by atoms with Crippen molar-refractivity contribution in [2.75, 3.05) is 51.6 Å². The number of carbonyl (C=O) groups excluding carboxylic acids is 3. The Bertz CT molecular complexity index is 1370. The van der Waals surface area contributed by atoms with Crippen LogP contribution in [-0.2, 0) is 9.59 Å². The van der Waals surface area contributed by atoms with Gasteiger partial charge in [-0.05, 0) is 49.5 Å². The Morgan fingerprint density at radius 1 is 1.00 bits per heavy atom. The normalized spacial score (nSPS) is 14.8. The molecule has 0 radical (unpaired) electrons. The Kier molecular flexibility index (Phi) is 10.0. The lowest BCUT2D eigenvalue weighted by molar-refractivity contribution is -0.126. The lowest BCUT2D eigenvalue weighted by Crippen LogP contribution is -2.51. The maximum Gasteiger partial charge on any atom is 0.255 e. The summed E-state index contributed by atoms with van der Waals surface area (Å²) < 4.78 is 1.45. The fourth-order valence-corrected chi connectivity index (χ4v) is 4.34. The molecule has 1 fully saturated rings. The van der Waals surface area contributed by atoms with Gasteiger partial charge in [-0.1, -0.05) is 17.7 Å². The number of nitrogens with zero attached hydrogens (tertiary/aromatic N) is 4. The fraction of sp³-hybridized carbons (Fsp3) is 0.321. The van der Waals surface area contributed by atoms with Crippen LogP contribution in [0.4, 0.5) is 5.82 Å². The zero-order valence-corrected chi connectivity index (χ0v) is 22.9. The molecule has 1 atom stereocenters. The number of halogens is 1. The zero-order valence-electron chi connectivity index (χ0n) is 22.2. The van der Waals surface area contributed by atoms with Crippen LogP contribution in [0.1, 0.15) is 16.8 Å². The smallest absolute Gasteiger partial charge is 0.255 e. The van der Waals surface area contributed by atoms with Crippen molar-refractivity contribution >= 4 is 35.1 Å². The summed E-state index contributed by atoms with van der Waals surface area (Å²) >= 11 is 5.86. The second-order valence-electron chi connectivity index (χ2n) is 9.53. The minimum Gasteiger partial charge on any atom is -0.353 e. The third-order valence-corrected chi connectivity index (χ3v) is 6.78. The quantitative estimate of drug-likeness (QED) is 0.339. The highest BCUT2D eigenvalue weighted by Crippen LogP contribution is 2.11. The zero-order chi connectivity index (χ0) is 28.5. The van der Waals surface area contributed by atoms with Gasteiger partial charge in [-0.15, -0.1) is 0 Å². The number of benzene rings is 1. The Morgan fingerprint density at radius 3 is 2.42 bits per heavy atom. The van der Waals surface area contributed by atoms with Gasteiger partial charge in [-0.25, -0.2) is 4.98 Å². The number of amides is 3. The van der Waals surface area contributed by atoms with Crippen LogP contribution in [0.3, 0.4) is 0 Å². The topological polar surface area (TPSA) is 129 Å². The molecule has 3 aromatic rings. The van der Waals surface area contributed by atoms with E-state index < -0.39 is 23.8 Å². The number of piperazine rings is 1. The van der Waals surface area contributed by atoms with Crippen LogP contribution >= 0.6 is 11.6 Å². The average Bonchev–Trinajstić information content (AvgIpc) is 2.95. The van der Waals surface area contributed by atoms with E-state index >= 15 is 0 Å². The highest BCUT2D eigenvalue weighted by atomic mass is 35.5. The van der Waals surface area contributed by atoms with E-state index in [1.54, 1.807) is 54.7 Å². The van der Waals surface area contributed by atoms with E-state index in [0.717, 1.165) is 26.2 Å². The molecule has 1 aliphatic rings. The van der Waals surface area contributed by atoms with Crippen LogP contribution in [0.5, 0.6) is 0 Å². The van der Waals surface area contributed by atoms with Gasteiger partial charge in [0.05, 0.1) is 11.4 Å². The molecule has 3 amide bonds. The fourth-order valence-electron chi connectivity index (χ4n) is 4.23.